The number of carbonyl (C=O) groups is 1. The third-order valence-corrected chi connectivity index (χ3v) is 11.3. The molecule has 1 aromatic heterocycles. The predicted octanol–water partition coefficient (Wildman–Crippen LogP) is 9.00. The third-order valence-electron chi connectivity index (χ3n) is 10.1. The zero-order valence-electron chi connectivity index (χ0n) is 27.1. The quantitative estimate of drug-likeness (QED) is 0.198. The van der Waals surface area contributed by atoms with Gasteiger partial charge in [-0.25, -0.2) is 10.5 Å². The summed E-state index contributed by atoms with van der Waals surface area (Å²) in [6.07, 6.45) is 14.6. The Balaban J connectivity index is 0.00000400. The Bertz CT molecular complexity index is 1400. The topological polar surface area (TPSA) is 63.7 Å². The van der Waals surface area contributed by atoms with Crippen LogP contribution in [0.1, 0.15) is 110 Å². The molecule has 1 unspecified atom stereocenters. The Hall–Kier alpha value is -2.45. The zero-order chi connectivity index (χ0) is 30.5. The maximum atomic E-state index is 13.0. The summed E-state index contributed by atoms with van der Waals surface area (Å²) in [5, 5.41) is 1.26. The Morgan fingerprint density at radius 1 is 1.00 bits per heavy atom. The fraction of sp³-hybridized carbons (Fsp3) is 0.568. The molecule has 3 aromatic rings. The predicted molar refractivity (Wildman–Crippen MR) is 185 cm³/mol. The van der Waals surface area contributed by atoms with Gasteiger partial charge < -0.3 is 9.64 Å². The highest BCUT2D eigenvalue weighted by Crippen LogP contribution is 2.44. The van der Waals surface area contributed by atoms with Crippen molar-refractivity contribution in [2.24, 2.45) is 11.8 Å². The molecule has 3 saturated carbocycles. The van der Waals surface area contributed by atoms with Crippen LogP contribution < -0.4 is 10.2 Å². The van der Waals surface area contributed by atoms with E-state index in [1.54, 1.807) is 7.11 Å². The number of rotatable bonds is 12. The molecule has 1 heterocycles. The number of benzene rings is 2. The summed E-state index contributed by atoms with van der Waals surface area (Å²) in [4.78, 5) is 27.6. The first-order valence-corrected chi connectivity index (χ1v) is 17.6. The van der Waals surface area contributed by atoms with E-state index in [4.69, 9.17) is 14.6 Å². The van der Waals surface area contributed by atoms with Gasteiger partial charge in [-0.3, -0.25) is 9.63 Å². The first-order chi connectivity index (χ1) is 21.5. The molecule has 0 bridgehead atoms. The van der Waals surface area contributed by atoms with Gasteiger partial charge >= 0.3 is 0 Å². The van der Waals surface area contributed by atoms with Crippen LogP contribution in [0.25, 0.3) is 10.4 Å². The fourth-order valence-electron chi connectivity index (χ4n) is 7.25. The highest BCUT2D eigenvalue weighted by molar-refractivity contribution is 7.15. The van der Waals surface area contributed by atoms with Crippen molar-refractivity contribution in [1.29, 1.82) is 0 Å². The number of aryl methyl sites for hydroxylation is 1. The first-order valence-electron chi connectivity index (χ1n) is 16.8. The normalized spacial score (nSPS) is 21.2. The number of hydrogen-bond donors (Lipinski definition) is 1. The lowest BCUT2D eigenvalue weighted by Gasteiger charge is -2.33. The van der Waals surface area contributed by atoms with E-state index in [-0.39, 0.29) is 30.3 Å². The number of hydrogen-bond acceptors (Lipinski definition) is 6. The molecule has 0 saturated heterocycles. The van der Waals surface area contributed by atoms with Crippen LogP contribution in [0, 0.1) is 18.8 Å². The average Bonchev–Trinajstić information content (AvgIpc) is 3.79. The molecule has 0 spiro atoms. The molecule has 0 radical (unpaired) electrons. The van der Waals surface area contributed by atoms with E-state index in [0.29, 0.717) is 17.8 Å². The molecule has 6 nitrogen and oxygen atoms in total. The summed E-state index contributed by atoms with van der Waals surface area (Å²) in [7, 11) is 3.94. The lowest BCUT2D eigenvalue weighted by atomic mass is 9.78. The van der Waals surface area contributed by atoms with Gasteiger partial charge in [0.1, 0.15) is 11.9 Å². The van der Waals surface area contributed by atoms with Crippen LogP contribution in [0.15, 0.2) is 48.7 Å². The SMILES string of the molecule is COc1ccc(C2CCC(CN(C)CC(ONC(=O)C3CCCCC3)c3cccc(-c4cnc(C5CC5)s4)c3)CC2)cc1C.Cl. The van der Waals surface area contributed by atoms with Crippen molar-refractivity contribution in [2.45, 2.75) is 95.5 Å². The van der Waals surface area contributed by atoms with Crippen LogP contribution in [0.3, 0.4) is 0 Å². The van der Waals surface area contributed by atoms with Crippen LogP contribution in [-0.4, -0.2) is 43.0 Å². The summed E-state index contributed by atoms with van der Waals surface area (Å²) < 4.78 is 5.47. The van der Waals surface area contributed by atoms with Crippen LogP contribution in [0.4, 0.5) is 0 Å². The van der Waals surface area contributed by atoms with Crippen molar-refractivity contribution >= 4 is 29.7 Å². The molecule has 3 aliphatic rings. The van der Waals surface area contributed by atoms with Crippen molar-refractivity contribution in [1.82, 2.24) is 15.4 Å². The minimum Gasteiger partial charge on any atom is -0.496 e. The van der Waals surface area contributed by atoms with E-state index in [1.165, 1.54) is 71.5 Å². The summed E-state index contributed by atoms with van der Waals surface area (Å²) in [5.74, 6) is 3.02. The maximum Gasteiger partial charge on any atom is 0.246 e. The van der Waals surface area contributed by atoms with Crippen molar-refractivity contribution in [3.8, 4) is 16.2 Å². The molecule has 45 heavy (non-hydrogen) atoms. The molecule has 0 aliphatic heterocycles. The minimum absolute atomic E-state index is 0. The van der Waals surface area contributed by atoms with E-state index in [1.807, 2.05) is 17.5 Å². The number of halogens is 1. The van der Waals surface area contributed by atoms with E-state index >= 15 is 0 Å². The number of nitrogens with zero attached hydrogens (tertiary/aromatic N) is 2. The Labute approximate surface area is 279 Å². The minimum atomic E-state index is -0.248. The van der Waals surface area contributed by atoms with Gasteiger partial charge in [0.2, 0.25) is 5.91 Å². The van der Waals surface area contributed by atoms with Crippen LogP contribution in [-0.2, 0) is 9.63 Å². The summed E-state index contributed by atoms with van der Waals surface area (Å²) in [6.45, 7) is 3.89. The van der Waals surface area contributed by atoms with Crippen molar-refractivity contribution in [3.63, 3.8) is 0 Å². The van der Waals surface area contributed by atoms with E-state index in [9.17, 15) is 4.79 Å². The van der Waals surface area contributed by atoms with Crippen molar-refractivity contribution in [3.05, 3.63) is 70.4 Å². The highest BCUT2D eigenvalue weighted by atomic mass is 35.5. The lowest BCUT2D eigenvalue weighted by molar-refractivity contribution is -0.145. The van der Waals surface area contributed by atoms with Gasteiger partial charge in [-0.2, -0.15) is 0 Å². The Kier molecular flexibility index (Phi) is 12.0. The fourth-order valence-corrected chi connectivity index (χ4v) is 8.34. The second-order valence-electron chi connectivity index (χ2n) is 13.5. The van der Waals surface area contributed by atoms with E-state index in [0.717, 1.165) is 50.1 Å². The molecule has 1 atom stereocenters. The van der Waals surface area contributed by atoms with Crippen molar-refractivity contribution < 1.29 is 14.4 Å². The lowest BCUT2D eigenvalue weighted by Crippen LogP contribution is -2.37. The number of thiazole rings is 1. The largest absolute Gasteiger partial charge is 0.496 e. The van der Waals surface area contributed by atoms with Gasteiger partial charge in [0, 0.05) is 31.1 Å². The number of methoxy groups -OCH3 is 1. The second kappa shape index (κ2) is 15.9. The molecule has 2 aromatic carbocycles. The van der Waals surface area contributed by atoms with Gasteiger partial charge in [-0.15, -0.1) is 23.7 Å². The van der Waals surface area contributed by atoms with Crippen LogP contribution in [0.2, 0.25) is 0 Å². The first kappa shape index (κ1) is 33.9. The standard InChI is InChI=1S/C37H49N3O3S.ClH/c1-25-20-30(18-19-33(25)42-3)27-14-12-26(13-15-27)23-40(2)24-34(43-39-36(41)28-8-5-4-6-9-28)31-10-7-11-32(21-31)35-22-38-37(44-35)29-16-17-29;/h7,10-11,18-22,26-29,34H,4-6,8-9,12-17,23-24H2,1-3H3,(H,39,41);1H. The number of aromatic nitrogens is 1. The summed E-state index contributed by atoms with van der Waals surface area (Å²) in [6, 6.07) is 15.3. The van der Waals surface area contributed by atoms with Gasteiger partial charge in [-0.05, 0) is 112 Å². The van der Waals surface area contributed by atoms with Crippen LogP contribution in [0.5, 0.6) is 5.75 Å². The molecule has 1 N–H and O–H groups in total. The van der Waals surface area contributed by atoms with Gasteiger partial charge in [-0.1, -0.05) is 49.6 Å². The number of likely N-dealkylation sites (N-methyl/N-ethyl adjacent to an activating group) is 1. The number of ether oxygens (including phenoxy) is 1. The molecule has 1 amide bonds. The molecule has 3 aliphatic carbocycles. The van der Waals surface area contributed by atoms with Crippen molar-refractivity contribution in [2.75, 3.05) is 27.2 Å². The molecular weight excluding hydrogens is 602 g/mol. The van der Waals surface area contributed by atoms with Gasteiger partial charge in [0.05, 0.1) is 17.0 Å². The molecule has 8 heteroatoms. The number of hydroxylamine groups is 1. The monoisotopic (exact) mass is 651 g/mol. The smallest absolute Gasteiger partial charge is 0.246 e. The van der Waals surface area contributed by atoms with Gasteiger partial charge in [0.25, 0.3) is 0 Å². The second-order valence-corrected chi connectivity index (χ2v) is 14.6. The van der Waals surface area contributed by atoms with Gasteiger partial charge in [0.15, 0.2) is 0 Å². The number of nitrogens with one attached hydrogen (secondary N) is 1. The zero-order valence-corrected chi connectivity index (χ0v) is 28.8. The van der Waals surface area contributed by atoms with E-state index < -0.39 is 0 Å². The molecule has 3 fully saturated rings. The Morgan fingerprint density at radius 3 is 2.47 bits per heavy atom. The number of carbonyl (C=O) groups excluding carboxylic acids is 1. The maximum absolute atomic E-state index is 13.0. The highest BCUT2D eigenvalue weighted by Gasteiger charge is 2.28. The Morgan fingerprint density at radius 2 is 1.76 bits per heavy atom. The number of amides is 1. The van der Waals surface area contributed by atoms with Crippen LogP contribution >= 0.6 is 23.7 Å². The van der Waals surface area contributed by atoms with E-state index in [2.05, 4.69) is 66.8 Å². The molecule has 244 valence electrons. The molecular formula is C37H50ClN3O3S. The summed E-state index contributed by atoms with van der Waals surface area (Å²) in [5.41, 5.74) is 7.83. The average molecular weight is 652 g/mol. The molecule has 6 rings (SSSR count). The summed E-state index contributed by atoms with van der Waals surface area (Å²) >= 11 is 1.81. The third kappa shape index (κ3) is 8.88.